The summed E-state index contributed by atoms with van der Waals surface area (Å²) >= 11 is 1.69. The van der Waals surface area contributed by atoms with Gasteiger partial charge in [0.15, 0.2) is 0 Å². The molecule has 2 nitrogen and oxygen atoms in total. The molecule has 0 unspecified atom stereocenters. The highest BCUT2D eigenvalue weighted by Crippen LogP contribution is 2.24. The Morgan fingerprint density at radius 1 is 1.62 bits per heavy atom. The third kappa shape index (κ3) is 1.16. The third-order valence-corrected chi connectivity index (χ3v) is 2.07. The zero-order valence-corrected chi connectivity index (χ0v) is 6.03. The van der Waals surface area contributed by atoms with Crippen LogP contribution in [-0.4, -0.2) is 34.4 Å². The smallest absolute Gasteiger partial charge is 0.0891 e. The van der Waals surface area contributed by atoms with Gasteiger partial charge in [-0.2, -0.15) is 0 Å². The maximum Gasteiger partial charge on any atom is 0.0891 e. The minimum absolute atomic E-state index is 0.400. The molecular formula is C5H11NOS. The van der Waals surface area contributed by atoms with Crippen molar-refractivity contribution >= 4 is 11.9 Å². The van der Waals surface area contributed by atoms with Gasteiger partial charge in [-0.3, -0.25) is 0 Å². The van der Waals surface area contributed by atoms with Crippen molar-refractivity contribution in [1.82, 2.24) is 4.31 Å². The lowest BCUT2D eigenvalue weighted by Crippen LogP contribution is -2.56. The Kier molecular flexibility index (Phi) is 1.52. The van der Waals surface area contributed by atoms with Crippen LogP contribution in [0.3, 0.4) is 0 Å². The van der Waals surface area contributed by atoms with Crippen LogP contribution in [-0.2, 0) is 0 Å². The Bertz CT molecular complexity index is 86.4. The van der Waals surface area contributed by atoms with E-state index in [0.29, 0.717) is 0 Å². The largest absolute Gasteiger partial charge is 0.387 e. The fraction of sp³-hybridized carbons (Fsp3) is 1.00. The number of hydrogen-bond acceptors (Lipinski definition) is 3. The van der Waals surface area contributed by atoms with Gasteiger partial charge in [0.25, 0.3) is 0 Å². The molecule has 0 radical (unpaired) electrons. The maximum absolute atomic E-state index is 9.16. The van der Waals surface area contributed by atoms with Gasteiger partial charge >= 0.3 is 0 Å². The molecule has 0 atom stereocenters. The summed E-state index contributed by atoms with van der Waals surface area (Å²) in [6, 6.07) is 0. The first-order valence-corrected chi connectivity index (χ1v) is 3.84. The minimum atomic E-state index is -0.400. The molecule has 0 saturated carbocycles. The van der Waals surface area contributed by atoms with Crippen LogP contribution in [0.1, 0.15) is 6.92 Å². The van der Waals surface area contributed by atoms with E-state index >= 15 is 0 Å². The van der Waals surface area contributed by atoms with E-state index < -0.39 is 5.60 Å². The second-order valence-corrected chi connectivity index (χ2v) is 3.36. The molecule has 3 heteroatoms. The molecule has 1 aliphatic heterocycles. The molecule has 0 bridgehead atoms. The molecule has 1 saturated heterocycles. The Morgan fingerprint density at radius 2 is 2.12 bits per heavy atom. The molecule has 0 aliphatic carbocycles. The summed E-state index contributed by atoms with van der Waals surface area (Å²) < 4.78 is 2.12. The highest BCUT2D eigenvalue weighted by molar-refractivity contribution is 7.96. The first-order valence-electron chi connectivity index (χ1n) is 2.65. The van der Waals surface area contributed by atoms with Crippen LogP contribution >= 0.6 is 11.9 Å². The molecule has 0 amide bonds. The standard InChI is InChI=1S/C5H11NOS/c1-5(7)3-6(4-5)8-2/h7H,3-4H2,1-2H3. The zero-order chi connectivity index (χ0) is 6.20. The summed E-state index contributed by atoms with van der Waals surface area (Å²) in [4.78, 5) is 0. The summed E-state index contributed by atoms with van der Waals surface area (Å²) in [5.74, 6) is 0. The van der Waals surface area contributed by atoms with Gasteiger partial charge in [-0.05, 0) is 13.2 Å². The Hall–Kier alpha value is 0.270. The predicted molar refractivity (Wildman–Crippen MR) is 35.7 cm³/mol. The van der Waals surface area contributed by atoms with E-state index in [1.165, 1.54) is 0 Å². The van der Waals surface area contributed by atoms with Crippen LogP contribution in [0.4, 0.5) is 0 Å². The van der Waals surface area contributed by atoms with E-state index in [9.17, 15) is 0 Å². The molecule has 0 aromatic carbocycles. The van der Waals surface area contributed by atoms with Crippen molar-refractivity contribution in [3.05, 3.63) is 0 Å². The number of β-amino-alcohol motifs (C(OH)–C–C–N with tert-alkyl or cyclic N) is 1. The zero-order valence-electron chi connectivity index (χ0n) is 5.22. The van der Waals surface area contributed by atoms with Crippen LogP contribution in [0.2, 0.25) is 0 Å². The number of nitrogens with zero attached hydrogens (tertiary/aromatic N) is 1. The Labute approximate surface area is 54.0 Å². The van der Waals surface area contributed by atoms with Crippen LogP contribution in [0.15, 0.2) is 0 Å². The van der Waals surface area contributed by atoms with Crippen LogP contribution in [0.5, 0.6) is 0 Å². The van der Waals surface area contributed by atoms with Crippen molar-refractivity contribution in [2.24, 2.45) is 0 Å². The molecule has 1 heterocycles. The second-order valence-electron chi connectivity index (χ2n) is 2.48. The first-order chi connectivity index (χ1) is 3.64. The lowest BCUT2D eigenvalue weighted by molar-refractivity contribution is -0.0376. The van der Waals surface area contributed by atoms with E-state index in [4.69, 9.17) is 5.11 Å². The van der Waals surface area contributed by atoms with Gasteiger partial charge in [-0.1, -0.05) is 11.9 Å². The van der Waals surface area contributed by atoms with Gasteiger partial charge in [0.1, 0.15) is 0 Å². The number of hydrogen-bond donors (Lipinski definition) is 1. The third-order valence-electron chi connectivity index (χ3n) is 1.29. The SMILES string of the molecule is CSN1CC(C)(O)C1. The van der Waals surface area contributed by atoms with E-state index in [-0.39, 0.29) is 0 Å². The number of aliphatic hydroxyl groups is 1. The molecule has 1 N–H and O–H groups in total. The summed E-state index contributed by atoms with van der Waals surface area (Å²) in [6.07, 6.45) is 2.02. The van der Waals surface area contributed by atoms with Crippen molar-refractivity contribution in [3.63, 3.8) is 0 Å². The molecule has 0 spiro atoms. The monoisotopic (exact) mass is 133 g/mol. The molecule has 1 fully saturated rings. The molecule has 0 aromatic heterocycles. The molecule has 48 valence electrons. The summed E-state index contributed by atoms with van der Waals surface area (Å²) in [5.41, 5.74) is -0.400. The van der Waals surface area contributed by atoms with Crippen molar-refractivity contribution < 1.29 is 5.11 Å². The van der Waals surface area contributed by atoms with E-state index in [1.54, 1.807) is 11.9 Å². The van der Waals surface area contributed by atoms with Crippen LogP contribution < -0.4 is 0 Å². The quantitative estimate of drug-likeness (QED) is 0.521. The summed E-state index contributed by atoms with van der Waals surface area (Å²) in [5, 5.41) is 9.16. The minimum Gasteiger partial charge on any atom is -0.387 e. The van der Waals surface area contributed by atoms with E-state index in [0.717, 1.165) is 13.1 Å². The highest BCUT2D eigenvalue weighted by Gasteiger charge is 2.35. The average molecular weight is 133 g/mol. The fourth-order valence-electron chi connectivity index (χ4n) is 0.843. The van der Waals surface area contributed by atoms with Crippen molar-refractivity contribution in [1.29, 1.82) is 0 Å². The maximum atomic E-state index is 9.16. The van der Waals surface area contributed by atoms with E-state index in [2.05, 4.69) is 4.31 Å². The molecule has 8 heavy (non-hydrogen) atoms. The van der Waals surface area contributed by atoms with Crippen molar-refractivity contribution in [2.75, 3.05) is 19.3 Å². The Morgan fingerprint density at radius 3 is 2.25 bits per heavy atom. The van der Waals surface area contributed by atoms with Gasteiger partial charge in [0, 0.05) is 13.1 Å². The molecule has 0 aromatic rings. The average Bonchev–Trinajstić information content (AvgIpc) is 1.60. The molecule has 1 aliphatic rings. The lowest BCUT2D eigenvalue weighted by atomic mass is 10.0. The lowest BCUT2D eigenvalue weighted by Gasteiger charge is -2.42. The number of rotatable bonds is 1. The molecule has 1 rings (SSSR count). The summed E-state index contributed by atoms with van der Waals surface area (Å²) in [6.45, 7) is 3.49. The molecular weight excluding hydrogens is 122 g/mol. The van der Waals surface area contributed by atoms with Crippen LogP contribution in [0.25, 0.3) is 0 Å². The normalized spacial score (nSPS) is 27.4. The van der Waals surface area contributed by atoms with Gasteiger partial charge in [0.2, 0.25) is 0 Å². The van der Waals surface area contributed by atoms with Gasteiger partial charge in [-0.25, -0.2) is 4.31 Å². The van der Waals surface area contributed by atoms with Gasteiger partial charge in [-0.15, -0.1) is 0 Å². The highest BCUT2D eigenvalue weighted by atomic mass is 32.2. The van der Waals surface area contributed by atoms with Gasteiger partial charge in [0.05, 0.1) is 5.60 Å². The fourth-order valence-corrected chi connectivity index (χ4v) is 1.66. The second kappa shape index (κ2) is 1.90. The Balaban J connectivity index is 2.21. The summed E-state index contributed by atoms with van der Waals surface area (Å²) in [7, 11) is 0. The van der Waals surface area contributed by atoms with Gasteiger partial charge < -0.3 is 5.11 Å². The topological polar surface area (TPSA) is 23.5 Å². The van der Waals surface area contributed by atoms with E-state index in [1.807, 2.05) is 13.2 Å². The first kappa shape index (κ1) is 6.39. The van der Waals surface area contributed by atoms with Crippen LogP contribution in [0, 0.1) is 0 Å². The van der Waals surface area contributed by atoms with Crippen molar-refractivity contribution in [3.8, 4) is 0 Å². The predicted octanol–water partition coefficient (Wildman–Crippen LogP) is 0.331. The van der Waals surface area contributed by atoms with Crippen molar-refractivity contribution in [2.45, 2.75) is 12.5 Å².